The summed E-state index contributed by atoms with van der Waals surface area (Å²) in [6.45, 7) is 0. The fraction of sp³-hybridized carbons (Fsp3) is 0.167. The SMILES string of the molecule is Cn1ncc(/C=C/[N+](=O)[O-])c1F. The van der Waals surface area contributed by atoms with E-state index in [1.807, 2.05) is 0 Å². The zero-order chi connectivity index (χ0) is 9.14. The molecule has 0 radical (unpaired) electrons. The van der Waals surface area contributed by atoms with Crippen molar-refractivity contribution in [3.63, 3.8) is 0 Å². The predicted molar refractivity (Wildman–Crippen MR) is 39.2 cm³/mol. The van der Waals surface area contributed by atoms with Crippen LogP contribution in [0.5, 0.6) is 0 Å². The van der Waals surface area contributed by atoms with Crippen LogP contribution in [0.3, 0.4) is 0 Å². The van der Waals surface area contributed by atoms with Crippen LogP contribution in [-0.4, -0.2) is 14.7 Å². The largest absolute Gasteiger partial charge is 0.259 e. The predicted octanol–water partition coefficient (Wildman–Crippen LogP) is 0.807. The highest BCUT2D eigenvalue weighted by Crippen LogP contribution is 2.06. The van der Waals surface area contributed by atoms with Gasteiger partial charge in [0, 0.05) is 13.1 Å². The molecule has 1 aromatic heterocycles. The van der Waals surface area contributed by atoms with Crippen LogP contribution in [0, 0.1) is 16.1 Å². The van der Waals surface area contributed by atoms with Gasteiger partial charge in [-0.3, -0.25) is 10.1 Å². The van der Waals surface area contributed by atoms with E-state index < -0.39 is 10.9 Å². The summed E-state index contributed by atoms with van der Waals surface area (Å²) in [6.07, 6.45) is 2.94. The average molecular weight is 171 g/mol. The Morgan fingerprint density at radius 1 is 1.83 bits per heavy atom. The van der Waals surface area contributed by atoms with Gasteiger partial charge in [-0.15, -0.1) is 0 Å². The monoisotopic (exact) mass is 171 g/mol. The summed E-state index contributed by atoms with van der Waals surface area (Å²) in [7, 11) is 1.42. The first-order valence-electron chi connectivity index (χ1n) is 3.10. The number of nitrogens with zero attached hydrogens (tertiary/aromatic N) is 3. The number of hydrogen-bond acceptors (Lipinski definition) is 3. The van der Waals surface area contributed by atoms with Crippen molar-refractivity contribution in [3.8, 4) is 0 Å². The zero-order valence-electron chi connectivity index (χ0n) is 6.27. The van der Waals surface area contributed by atoms with Gasteiger partial charge in [-0.1, -0.05) is 0 Å². The quantitative estimate of drug-likeness (QED) is 0.488. The van der Waals surface area contributed by atoms with Crippen LogP contribution in [-0.2, 0) is 7.05 Å². The second-order valence-corrected chi connectivity index (χ2v) is 2.12. The van der Waals surface area contributed by atoms with Crippen LogP contribution in [0.25, 0.3) is 6.08 Å². The van der Waals surface area contributed by atoms with Crippen molar-refractivity contribution >= 4 is 6.08 Å². The van der Waals surface area contributed by atoms with Gasteiger partial charge in [-0.2, -0.15) is 9.49 Å². The van der Waals surface area contributed by atoms with Crippen LogP contribution in [0.4, 0.5) is 4.39 Å². The molecular weight excluding hydrogens is 165 g/mol. The number of halogens is 1. The van der Waals surface area contributed by atoms with Crippen LogP contribution < -0.4 is 0 Å². The molecule has 64 valence electrons. The molecule has 1 rings (SSSR count). The maximum Gasteiger partial charge on any atom is 0.235 e. The van der Waals surface area contributed by atoms with Crippen LogP contribution in [0.1, 0.15) is 5.56 Å². The van der Waals surface area contributed by atoms with Gasteiger partial charge in [0.25, 0.3) is 0 Å². The minimum absolute atomic E-state index is 0.106. The molecule has 1 aromatic rings. The van der Waals surface area contributed by atoms with Crippen LogP contribution in [0.15, 0.2) is 12.4 Å². The molecule has 12 heavy (non-hydrogen) atoms. The van der Waals surface area contributed by atoms with Gasteiger partial charge < -0.3 is 0 Å². The summed E-state index contributed by atoms with van der Waals surface area (Å²) in [5, 5.41) is 13.4. The summed E-state index contributed by atoms with van der Waals surface area (Å²) in [4.78, 5) is 9.20. The number of nitro groups is 1. The first-order chi connectivity index (χ1) is 5.61. The maximum absolute atomic E-state index is 12.8. The molecule has 0 saturated carbocycles. The van der Waals surface area contributed by atoms with Gasteiger partial charge in [-0.25, -0.2) is 4.68 Å². The summed E-state index contributed by atoms with van der Waals surface area (Å²) >= 11 is 0. The standard InChI is InChI=1S/C6H6FN3O2/c1-9-6(7)5(4-8-9)2-3-10(11)12/h2-4H,1H3/b3-2+. The van der Waals surface area contributed by atoms with Gasteiger partial charge in [0.2, 0.25) is 12.1 Å². The molecule has 0 atom stereocenters. The average Bonchev–Trinajstić information content (AvgIpc) is 2.30. The zero-order valence-corrected chi connectivity index (χ0v) is 6.27. The lowest BCUT2D eigenvalue weighted by molar-refractivity contribution is -0.400. The van der Waals surface area contributed by atoms with Crippen molar-refractivity contribution in [2.45, 2.75) is 0 Å². The minimum Gasteiger partial charge on any atom is -0.259 e. The second-order valence-electron chi connectivity index (χ2n) is 2.12. The molecule has 0 aliphatic carbocycles. The summed E-state index contributed by atoms with van der Waals surface area (Å²) in [6, 6.07) is 0. The van der Waals surface area contributed by atoms with Gasteiger partial charge in [0.05, 0.1) is 16.7 Å². The van der Waals surface area contributed by atoms with Gasteiger partial charge >= 0.3 is 0 Å². The van der Waals surface area contributed by atoms with E-state index in [0.717, 1.165) is 10.8 Å². The van der Waals surface area contributed by atoms with Crippen LogP contribution >= 0.6 is 0 Å². The highest BCUT2D eigenvalue weighted by Gasteiger charge is 2.04. The molecule has 0 N–H and O–H groups in total. The Morgan fingerprint density at radius 3 is 2.92 bits per heavy atom. The lowest BCUT2D eigenvalue weighted by Crippen LogP contribution is -1.93. The van der Waals surface area contributed by atoms with E-state index >= 15 is 0 Å². The van der Waals surface area contributed by atoms with Crippen LogP contribution in [0.2, 0.25) is 0 Å². The highest BCUT2D eigenvalue weighted by molar-refractivity contribution is 5.45. The van der Waals surface area contributed by atoms with Crippen molar-refractivity contribution in [1.29, 1.82) is 0 Å². The number of aromatic nitrogens is 2. The van der Waals surface area contributed by atoms with E-state index in [-0.39, 0.29) is 5.56 Å². The normalized spacial score (nSPS) is 10.8. The molecule has 1 heterocycles. The third-order valence-corrected chi connectivity index (χ3v) is 1.27. The number of aryl methyl sites for hydroxylation is 1. The first-order valence-corrected chi connectivity index (χ1v) is 3.10. The topological polar surface area (TPSA) is 61.0 Å². The van der Waals surface area contributed by atoms with Gasteiger partial charge in [0.1, 0.15) is 0 Å². The van der Waals surface area contributed by atoms with E-state index in [2.05, 4.69) is 5.10 Å². The number of hydrogen-bond donors (Lipinski definition) is 0. The molecule has 0 fully saturated rings. The van der Waals surface area contributed by atoms with Gasteiger partial charge in [0.15, 0.2) is 0 Å². The van der Waals surface area contributed by atoms with E-state index in [1.165, 1.54) is 13.2 Å². The van der Waals surface area contributed by atoms with Crippen molar-refractivity contribution in [3.05, 3.63) is 34.0 Å². The summed E-state index contributed by atoms with van der Waals surface area (Å²) in [5.41, 5.74) is 0.106. The fourth-order valence-electron chi connectivity index (χ4n) is 0.693. The van der Waals surface area contributed by atoms with Crippen molar-refractivity contribution in [1.82, 2.24) is 9.78 Å². The molecule has 0 bridgehead atoms. The lowest BCUT2D eigenvalue weighted by atomic mass is 10.3. The van der Waals surface area contributed by atoms with E-state index in [4.69, 9.17) is 0 Å². The van der Waals surface area contributed by atoms with E-state index in [0.29, 0.717) is 6.20 Å². The first kappa shape index (κ1) is 8.38. The smallest absolute Gasteiger partial charge is 0.235 e. The number of rotatable bonds is 2. The molecule has 0 spiro atoms. The fourth-order valence-corrected chi connectivity index (χ4v) is 0.693. The Morgan fingerprint density at radius 2 is 2.50 bits per heavy atom. The molecule has 0 unspecified atom stereocenters. The molecule has 0 aromatic carbocycles. The summed E-state index contributed by atoms with van der Waals surface area (Å²) in [5.74, 6) is -0.590. The lowest BCUT2D eigenvalue weighted by Gasteiger charge is -1.87. The molecule has 5 nitrogen and oxygen atoms in total. The Bertz CT molecular complexity index is 332. The molecule has 0 saturated heterocycles. The van der Waals surface area contributed by atoms with Crippen molar-refractivity contribution in [2.24, 2.45) is 7.05 Å². The second kappa shape index (κ2) is 3.12. The summed E-state index contributed by atoms with van der Waals surface area (Å²) < 4.78 is 13.8. The van der Waals surface area contributed by atoms with E-state index in [1.54, 1.807) is 0 Å². The Hall–Kier alpha value is -1.72. The van der Waals surface area contributed by atoms with E-state index in [9.17, 15) is 14.5 Å². The molecule has 0 amide bonds. The molecule has 0 aliphatic rings. The Kier molecular flexibility index (Phi) is 2.18. The maximum atomic E-state index is 12.8. The minimum atomic E-state index is -0.660. The van der Waals surface area contributed by atoms with Gasteiger partial charge in [-0.05, 0) is 0 Å². The van der Waals surface area contributed by atoms with Crippen molar-refractivity contribution < 1.29 is 9.31 Å². The molecular formula is C6H6FN3O2. The Balaban J connectivity index is 2.90. The molecule has 0 aliphatic heterocycles. The highest BCUT2D eigenvalue weighted by atomic mass is 19.1. The third-order valence-electron chi connectivity index (χ3n) is 1.27. The Labute approximate surface area is 67.3 Å². The van der Waals surface area contributed by atoms with Crippen molar-refractivity contribution in [2.75, 3.05) is 0 Å². The third kappa shape index (κ3) is 1.66. The molecule has 6 heteroatoms.